The zero-order chi connectivity index (χ0) is 12.7. The fourth-order valence-electron chi connectivity index (χ4n) is 2.14. The SMILES string of the molecule is OC(c1cc(Cl)cc2c1OCC2)c1sccc1Br. The molecule has 1 atom stereocenters. The average Bonchev–Trinajstić information content (AvgIpc) is 2.95. The van der Waals surface area contributed by atoms with Crippen LogP contribution in [-0.4, -0.2) is 11.7 Å². The van der Waals surface area contributed by atoms with E-state index in [1.54, 1.807) is 6.07 Å². The molecule has 0 spiro atoms. The molecule has 1 N–H and O–H groups in total. The van der Waals surface area contributed by atoms with Gasteiger partial charge in [-0.1, -0.05) is 11.6 Å². The van der Waals surface area contributed by atoms with Crippen LogP contribution in [0.4, 0.5) is 0 Å². The number of fused-ring (bicyclic) bond motifs is 1. The molecule has 3 rings (SSSR count). The molecule has 1 aliphatic rings. The first kappa shape index (κ1) is 12.5. The van der Waals surface area contributed by atoms with E-state index in [-0.39, 0.29) is 0 Å². The lowest BCUT2D eigenvalue weighted by Crippen LogP contribution is -2.01. The van der Waals surface area contributed by atoms with Gasteiger partial charge in [-0.05, 0) is 45.1 Å². The molecule has 0 saturated carbocycles. The van der Waals surface area contributed by atoms with E-state index in [1.807, 2.05) is 17.5 Å². The summed E-state index contributed by atoms with van der Waals surface area (Å²) in [7, 11) is 0. The first-order valence-electron chi connectivity index (χ1n) is 5.53. The van der Waals surface area contributed by atoms with Crippen molar-refractivity contribution in [3.05, 3.63) is 49.1 Å². The molecule has 1 unspecified atom stereocenters. The van der Waals surface area contributed by atoms with Gasteiger partial charge in [-0.3, -0.25) is 0 Å². The third-order valence-electron chi connectivity index (χ3n) is 2.96. The minimum absolute atomic E-state index is 0.640. The van der Waals surface area contributed by atoms with Crippen molar-refractivity contribution in [2.75, 3.05) is 6.61 Å². The number of hydrogen-bond donors (Lipinski definition) is 1. The Morgan fingerprint density at radius 2 is 2.28 bits per heavy atom. The van der Waals surface area contributed by atoms with Crippen LogP contribution in [0.15, 0.2) is 28.1 Å². The van der Waals surface area contributed by atoms with Crippen LogP contribution in [0, 0.1) is 0 Å². The van der Waals surface area contributed by atoms with Crippen molar-refractivity contribution >= 4 is 38.9 Å². The van der Waals surface area contributed by atoms with Crippen molar-refractivity contribution in [3.8, 4) is 5.75 Å². The molecule has 0 radical (unpaired) electrons. The molecule has 0 aliphatic carbocycles. The van der Waals surface area contributed by atoms with E-state index >= 15 is 0 Å². The van der Waals surface area contributed by atoms with Crippen LogP contribution >= 0.6 is 38.9 Å². The number of benzene rings is 1. The molecule has 2 heterocycles. The number of hydrogen-bond acceptors (Lipinski definition) is 3. The van der Waals surface area contributed by atoms with Crippen molar-refractivity contribution in [2.45, 2.75) is 12.5 Å². The zero-order valence-corrected chi connectivity index (χ0v) is 12.5. The third kappa shape index (κ3) is 2.07. The lowest BCUT2D eigenvalue weighted by atomic mass is 10.0. The maximum Gasteiger partial charge on any atom is 0.128 e. The monoisotopic (exact) mass is 344 g/mol. The second kappa shape index (κ2) is 4.85. The van der Waals surface area contributed by atoms with Gasteiger partial charge in [0.1, 0.15) is 11.9 Å². The summed E-state index contributed by atoms with van der Waals surface area (Å²) in [6, 6.07) is 5.61. The molecule has 1 aromatic carbocycles. The molecular weight excluding hydrogens is 336 g/mol. The number of aliphatic hydroxyl groups excluding tert-OH is 1. The van der Waals surface area contributed by atoms with Gasteiger partial charge < -0.3 is 9.84 Å². The summed E-state index contributed by atoms with van der Waals surface area (Å²) in [5, 5.41) is 13.1. The van der Waals surface area contributed by atoms with E-state index in [4.69, 9.17) is 16.3 Å². The average molecular weight is 346 g/mol. The summed E-state index contributed by atoms with van der Waals surface area (Å²) in [6.45, 7) is 0.654. The first-order chi connectivity index (χ1) is 8.66. The van der Waals surface area contributed by atoms with E-state index in [1.165, 1.54) is 11.3 Å². The summed E-state index contributed by atoms with van der Waals surface area (Å²) < 4.78 is 6.52. The van der Waals surface area contributed by atoms with E-state index < -0.39 is 6.10 Å². The van der Waals surface area contributed by atoms with Crippen LogP contribution in [0.2, 0.25) is 5.02 Å². The van der Waals surface area contributed by atoms with Gasteiger partial charge in [0.2, 0.25) is 0 Å². The van der Waals surface area contributed by atoms with Crippen molar-refractivity contribution in [1.82, 2.24) is 0 Å². The molecule has 2 aromatic rings. The zero-order valence-electron chi connectivity index (χ0n) is 9.32. The van der Waals surface area contributed by atoms with E-state index in [2.05, 4.69) is 15.9 Å². The van der Waals surface area contributed by atoms with Gasteiger partial charge in [0.25, 0.3) is 0 Å². The number of rotatable bonds is 2. The Morgan fingerprint density at radius 3 is 3.00 bits per heavy atom. The number of aliphatic hydroxyl groups is 1. The van der Waals surface area contributed by atoms with Gasteiger partial charge in [0.05, 0.1) is 11.5 Å². The van der Waals surface area contributed by atoms with E-state index in [0.717, 1.165) is 32.6 Å². The van der Waals surface area contributed by atoms with Crippen LogP contribution in [0.5, 0.6) is 5.75 Å². The Balaban J connectivity index is 2.10. The van der Waals surface area contributed by atoms with E-state index in [9.17, 15) is 5.11 Å². The molecule has 18 heavy (non-hydrogen) atoms. The predicted molar refractivity (Wildman–Crippen MR) is 76.7 cm³/mol. The Hall–Kier alpha value is -0.550. The quantitative estimate of drug-likeness (QED) is 0.885. The predicted octanol–water partition coefficient (Wildman–Crippen LogP) is 4.18. The fraction of sp³-hybridized carbons (Fsp3) is 0.231. The Morgan fingerprint density at radius 1 is 1.44 bits per heavy atom. The van der Waals surface area contributed by atoms with Crippen molar-refractivity contribution in [2.24, 2.45) is 0 Å². The standard InChI is InChI=1S/C13H10BrClO2S/c14-10-2-4-18-13(10)11(16)9-6-8(15)5-7-1-3-17-12(7)9/h2,4-6,11,16H,1,3H2. The van der Waals surface area contributed by atoms with Crippen molar-refractivity contribution < 1.29 is 9.84 Å². The Kier molecular flexibility index (Phi) is 3.36. The highest BCUT2D eigenvalue weighted by molar-refractivity contribution is 9.10. The minimum Gasteiger partial charge on any atom is -0.493 e. The fourth-order valence-corrected chi connectivity index (χ4v) is 3.98. The topological polar surface area (TPSA) is 29.5 Å². The molecule has 0 fully saturated rings. The van der Waals surface area contributed by atoms with Gasteiger partial charge in [-0.15, -0.1) is 11.3 Å². The summed E-state index contributed by atoms with van der Waals surface area (Å²) in [6.07, 6.45) is 0.145. The highest BCUT2D eigenvalue weighted by atomic mass is 79.9. The van der Waals surface area contributed by atoms with Crippen LogP contribution in [0.25, 0.3) is 0 Å². The van der Waals surface area contributed by atoms with Crippen LogP contribution in [-0.2, 0) is 6.42 Å². The van der Waals surface area contributed by atoms with Gasteiger partial charge in [-0.2, -0.15) is 0 Å². The maximum absolute atomic E-state index is 10.5. The maximum atomic E-state index is 10.5. The van der Waals surface area contributed by atoms with E-state index in [0.29, 0.717) is 11.6 Å². The Labute approximate surface area is 122 Å². The highest BCUT2D eigenvalue weighted by Gasteiger charge is 2.24. The molecule has 1 aliphatic heterocycles. The Bertz CT molecular complexity index is 597. The second-order valence-electron chi connectivity index (χ2n) is 4.12. The van der Waals surface area contributed by atoms with Gasteiger partial charge in [0.15, 0.2) is 0 Å². The largest absolute Gasteiger partial charge is 0.493 e. The molecule has 2 nitrogen and oxygen atoms in total. The summed E-state index contributed by atoms with van der Waals surface area (Å²) in [5.74, 6) is 0.784. The molecule has 0 saturated heterocycles. The van der Waals surface area contributed by atoms with Crippen LogP contribution in [0.1, 0.15) is 22.1 Å². The molecule has 0 amide bonds. The number of halogens is 2. The molecular formula is C13H10BrClO2S. The van der Waals surface area contributed by atoms with Crippen LogP contribution in [0.3, 0.4) is 0 Å². The lowest BCUT2D eigenvalue weighted by molar-refractivity contribution is 0.217. The summed E-state index contributed by atoms with van der Waals surface area (Å²) in [4.78, 5) is 0.870. The summed E-state index contributed by atoms with van der Waals surface area (Å²) >= 11 is 11.0. The second-order valence-corrected chi connectivity index (χ2v) is 6.36. The lowest BCUT2D eigenvalue weighted by Gasteiger charge is -2.14. The van der Waals surface area contributed by atoms with Gasteiger partial charge >= 0.3 is 0 Å². The molecule has 0 bridgehead atoms. The van der Waals surface area contributed by atoms with Crippen molar-refractivity contribution in [1.29, 1.82) is 0 Å². The molecule has 94 valence electrons. The third-order valence-corrected chi connectivity index (χ3v) is 5.11. The summed E-state index contributed by atoms with van der Waals surface area (Å²) in [5.41, 5.74) is 1.82. The minimum atomic E-state index is -0.704. The molecule has 1 aromatic heterocycles. The molecule has 5 heteroatoms. The van der Waals surface area contributed by atoms with Gasteiger partial charge in [-0.25, -0.2) is 0 Å². The van der Waals surface area contributed by atoms with Crippen molar-refractivity contribution in [3.63, 3.8) is 0 Å². The normalized spacial score (nSPS) is 15.3. The highest BCUT2D eigenvalue weighted by Crippen LogP contribution is 2.41. The number of ether oxygens (including phenoxy) is 1. The number of thiophene rings is 1. The van der Waals surface area contributed by atoms with Gasteiger partial charge in [0, 0.05) is 21.5 Å². The smallest absolute Gasteiger partial charge is 0.128 e. The first-order valence-corrected chi connectivity index (χ1v) is 7.58. The van der Waals surface area contributed by atoms with Crippen LogP contribution < -0.4 is 4.74 Å².